The van der Waals surface area contributed by atoms with Crippen LogP contribution in [0, 0.1) is 12.8 Å². The first-order valence-electron chi connectivity index (χ1n) is 12.5. The van der Waals surface area contributed by atoms with E-state index in [0.29, 0.717) is 30.2 Å². The SMILES string of the molecule is COC1=CC(C)=NC(=O)C1CNC(=O)c1cc2c(-c3ccn[nH]3)ccn2c(C(C)N2CCOCC2)c1C. The van der Waals surface area contributed by atoms with Gasteiger partial charge in [-0.15, -0.1) is 0 Å². The lowest BCUT2D eigenvalue weighted by Gasteiger charge is -2.34. The highest BCUT2D eigenvalue weighted by molar-refractivity contribution is 6.06. The Morgan fingerprint density at radius 2 is 2.08 bits per heavy atom. The minimum atomic E-state index is -0.651. The summed E-state index contributed by atoms with van der Waals surface area (Å²) < 4.78 is 13.1. The van der Waals surface area contributed by atoms with Gasteiger partial charge in [-0.05, 0) is 50.6 Å². The Kier molecular flexibility index (Phi) is 6.94. The molecule has 0 radical (unpaired) electrons. The molecule has 194 valence electrons. The number of pyridine rings is 1. The van der Waals surface area contributed by atoms with Crippen molar-refractivity contribution in [2.45, 2.75) is 26.8 Å². The molecule has 2 amide bonds. The number of methoxy groups -OCH3 is 1. The summed E-state index contributed by atoms with van der Waals surface area (Å²) >= 11 is 0. The normalized spacial score (nSPS) is 19.5. The number of carbonyl (C=O) groups is 2. The zero-order valence-electron chi connectivity index (χ0n) is 21.6. The van der Waals surface area contributed by atoms with Crippen LogP contribution in [-0.4, -0.2) is 77.0 Å². The Bertz CT molecular complexity index is 1380. The smallest absolute Gasteiger partial charge is 0.258 e. The molecule has 1 saturated heterocycles. The first-order chi connectivity index (χ1) is 17.9. The topological polar surface area (TPSA) is 113 Å². The van der Waals surface area contributed by atoms with Crippen molar-refractivity contribution in [2.75, 3.05) is 40.0 Å². The highest BCUT2D eigenvalue weighted by Crippen LogP contribution is 2.33. The molecule has 5 heterocycles. The number of dihydropyridines is 1. The molecule has 37 heavy (non-hydrogen) atoms. The molecule has 2 aliphatic rings. The summed E-state index contributed by atoms with van der Waals surface area (Å²) in [5.74, 6) is -0.720. The molecule has 5 rings (SSSR count). The van der Waals surface area contributed by atoms with E-state index in [1.807, 2.05) is 31.3 Å². The number of aromatic nitrogens is 3. The second kappa shape index (κ2) is 10.3. The van der Waals surface area contributed by atoms with Crippen LogP contribution in [0.25, 0.3) is 16.8 Å². The van der Waals surface area contributed by atoms with E-state index >= 15 is 0 Å². The van der Waals surface area contributed by atoms with Crippen LogP contribution in [0.3, 0.4) is 0 Å². The van der Waals surface area contributed by atoms with Crippen LogP contribution in [0.5, 0.6) is 0 Å². The van der Waals surface area contributed by atoms with E-state index in [4.69, 9.17) is 9.47 Å². The molecule has 0 aliphatic carbocycles. The van der Waals surface area contributed by atoms with Gasteiger partial charge in [-0.25, -0.2) is 4.99 Å². The fourth-order valence-corrected chi connectivity index (χ4v) is 5.28. The molecule has 0 aromatic carbocycles. The summed E-state index contributed by atoms with van der Waals surface area (Å²) in [7, 11) is 1.52. The lowest BCUT2D eigenvalue weighted by Crippen LogP contribution is -2.39. The van der Waals surface area contributed by atoms with Gasteiger partial charge >= 0.3 is 0 Å². The number of amides is 2. The number of ether oxygens (including phenoxy) is 2. The number of morpholine rings is 1. The first-order valence-corrected chi connectivity index (χ1v) is 12.5. The molecular weight excluding hydrogens is 472 g/mol. The summed E-state index contributed by atoms with van der Waals surface area (Å²) in [6.45, 7) is 9.01. The van der Waals surface area contributed by atoms with E-state index in [9.17, 15) is 9.59 Å². The predicted octanol–water partition coefficient (Wildman–Crippen LogP) is 2.91. The molecule has 3 aromatic rings. The van der Waals surface area contributed by atoms with Crippen molar-refractivity contribution in [2.24, 2.45) is 10.9 Å². The van der Waals surface area contributed by atoms with Crippen molar-refractivity contribution in [1.29, 1.82) is 0 Å². The Labute approximate surface area is 215 Å². The molecule has 3 aromatic heterocycles. The molecule has 0 bridgehead atoms. The number of nitrogens with zero attached hydrogens (tertiary/aromatic N) is 4. The van der Waals surface area contributed by atoms with Gasteiger partial charge in [-0.3, -0.25) is 19.6 Å². The number of aliphatic imine (C=N–C) groups is 1. The number of carbonyl (C=O) groups excluding carboxylic acids is 2. The molecule has 2 atom stereocenters. The van der Waals surface area contributed by atoms with Crippen LogP contribution in [0.4, 0.5) is 0 Å². The number of allylic oxidation sites excluding steroid dienone is 1. The second-order valence-corrected chi connectivity index (χ2v) is 9.45. The number of H-pyrrole nitrogens is 1. The second-order valence-electron chi connectivity index (χ2n) is 9.45. The monoisotopic (exact) mass is 504 g/mol. The molecule has 2 unspecified atom stereocenters. The van der Waals surface area contributed by atoms with E-state index in [-0.39, 0.29) is 24.4 Å². The van der Waals surface area contributed by atoms with Gasteiger partial charge in [0.15, 0.2) is 0 Å². The van der Waals surface area contributed by atoms with Gasteiger partial charge in [0.1, 0.15) is 11.7 Å². The number of rotatable bonds is 7. The molecule has 0 spiro atoms. The third-order valence-electron chi connectivity index (χ3n) is 7.26. The van der Waals surface area contributed by atoms with Gasteiger partial charge in [0.2, 0.25) is 0 Å². The van der Waals surface area contributed by atoms with Crippen LogP contribution in [0.1, 0.15) is 41.5 Å². The van der Waals surface area contributed by atoms with Crippen LogP contribution in [-0.2, 0) is 14.3 Å². The summed E-state index contributed by atoms with van der Waals surface area (Å²) in [5.41, 5.74) is 5.82. The number of nitrogens with one attached hydrogen (secondary N) is 2. The van der Waals surface area contributed by atoms with Crippen molar-refractivity contribution < 1.29 is 19.1 Å². The van der Waals surface area contributed by atoms with Crippen molar-refractivity contribution in [3.8, 4) is 11.3 Å². The Morgan fingerprint density at radius 3 is 2.78 bits per heavy atom. The largest absolute Gasteiger partial charge is 0.500 e. The average molecular weight is 505 g/mol. The molecule has 0 saturated carbocycles. The van der Waals surface area contributed by atoms with Crippen LogP contribution >= 0.6 is 0 Å². The highest BCUT2D eigenvalue weighted by Gasteiger charge is 2.30. The Morgan fingerprint density at radius 1 is 1.30 bits per heavy atom. The van der Waals surface area contributed by atoms with Gasteiger partial charge in [-0.2, -0.15) is 5.10 Å². The zero-order chi connectivity index (χ0) is 26.1. The average Bonchev–Trinajstić information content (AvgIpc) is 3.57. The number of aromatic amines is 1. The highest BCUT2D eigenvalue weighted by atomic mass is 16.5. The summed E-state index contributed by atoms with van der Waals surface area (Å²) in [4.78, 5) is 32.6. The van der Waals surface area contributed by atoms with Gasteiger partial charge in [-0.1, -0.05) is 0 Å². The van der Waals surface area contributed by atoms with E-state index < -0.39 is 5.92 Å². The van der Waals surface area contributed by atoms with Gasteiger partial charge in [0.25, 0.3) is 11.8 Å². The van der Waals surface area contributed by atoms with Crippen LogP contribution in [0.2, 0.25) is 0 Å². The van der Waals surface area contributed by atoms with Crippen LogP contribution < -0.4 is 5.32 Å². The lowest BCUT2D eigenvalue weighted by atomic mass is 9.99. The molecule has 2 N–H and O–H groups in total. The van der Waals surface area contributed by atoms with Crippen molar-refractivity contribution in [1.82, 2.24) is 24.8 Å². The van der Waals surface area contributed by atoms with Gasteiger partial charge in [0, 0.05) is 60.6 Å². The minimum Gasteiger partial charge on any atom is -0.500 e. The molecular formula is C27H32N6O4. The zero-order valence-corrected chi connectivity index (χ0v) is 21.6. The van der Waals surface area contributed by atoms with Crippen LogP contribution in [0.15, 0.2) is 47.4 Å². The molecule has 2 aliphatic heterocycles. The maximum Gasteiger partial charge on any atom is 0.258 e. The lowest BCUT2D eigenvalue weighted by molar-refractivity contribution is -0.121. The number of fused-ring (bicyclic) bond motifs is 1. The third kappa shape index (κ3) is 4.70. The summed E-state index contributed by atoms with van der Waals surface area (Å²) in [5, 5.41) is 10.1. The quantitative estimate of drug-likeness (QED) is 0.512. The minimum absolute atomic E-state index is 0.0569. The third-order valence-corrected chi connectivity index (χ3v) is 7.26. The van der Waals surface area contributed by atoms with E-state index in [1.54, 1.807) is 19.2 Å². The number of hydrogen-bond acceptors (Lipinski definition) is 6. The summed E-state index contributed by atoms with van der Waals surface area (Å²) in [6, 6.07) is 5.92. The van der Waals surface area contributed by atoms with Gasteiger partial charge in [0.05, 0.1) is 31.5 Å². The first kappa shape index (κ1) is 24.9. The molecule has 10 nitrogen and oxygen atoms in total. The maximum atomic E-state index is 13.6. The van der Waals surface area contributed by atoms with E-state index in [2.05, 4.69) is 36.7 Å². The standard InChI is InChI=1S/C27H32N6O4/c1-16-13-24(36-4)21(27(35)30-16)15-28-26(34)20-14-23-19(22-5-7-29-31-22)6-8-33(23)25(17(20)2)18(3)32-9-11-37-12-10-32/h5-8,13-14,18,21H,9-12,15H2,1-4H3,(H,28,34)(H,29,31). The fourth-order valence-electron chi connectivity index (χ4n) is 5.28. The Balaban J connectivity index is 1.52. The number of hydrogen-bond donors (Lipinski definition) is 2. The van der Waals surface area contributed by atoms with Crippen molar-refractivity contribution >= 4 is 23.0 Å². The Hall–Kier alpha value is -3.76. The van der Waals surface area contributed by atoms with Crippen molar-refractivity contribution in [3.63, 3.8) is 0 Å². The predicted molar refractivity (Wildman–Crippen MR) is 140 cm³/mol. The maximum absolute atomic E-state index is 13.6. The van der Waals surface area contributed by atoms with E-state index in [1.165, 1.54) is 7.11 Å². The summed E-state index contributed by atoms with van der Waals surface area (Å²) in [6.07, 6.45) is 5.49. The molecule has 10 heteroatoms. The van der Waals surface area contributed by atoms with E-state index in [0.717, 1.165) is 41.1 Å². The van der Waals surface area contributed by atoms with Crippen molar-refractivity contribution in [3.05, 3.63) is 59.2 Å². The van der Waals surface area contributed by atoms with Gasteiger partial charge < -0.3 is 19.2 Å². The fraction of sp³-hybridized carbons (Fsp3) is 0.407. The molecule has 1 fully saturated rings.